The second-order valence-electron chi connectivity index (χ2n) is 7.50. The maximum absolute atomic E-state index is 13.7. The number of benzene rings is 2. The summed E-state index contributed by atoms with van der Waals surface area (Å²) in [6, 6.07) is 14.2. The first-order chi connectivity index (χ1) is 14.1. The van der Waals surface area contributed by atoms with Crippen molar-refractivity contribution in [3.05, 3.63) is 59.9 Å². The molecule has 1 saturated heterocycles. The van der Waals surface area contributed by atoms with E-state index in [1.165, 1.54) is 11.6 Å². The fourth-order valence-electron chi connectivity index (χ4n) is 3.93. The smallest absolute Gasteiger partial charge is 0.241 e. The second-order valence-corrected chi connectivity index (χ2v) is 7.50. The number of carbonyl (C=O) groups is 2. The Morgan fingerprint density at radius 3 is 2.28 bits per heavy atom. The van der Waals surface area contributed by atoms with Crippen LogP contribution in [0.15, 0.2) is 48.5 Å². The van der Waals surface area contributed by atoms with Crippen molar-refractivity contribution in [3.63, 3.8) is 0 Å². The third-order valence-electron chi connectivity index (χ3n) is 5.53. The average Bonchev–Trinajstić information content (AvgIpc) is 3.15. The SMILES string of the molecule is O=C(CN1CCN(CC(=O)N2CCc3ccccc32)CC1)Nc1ccccc1F. The van der Waals surface area contributed by atoms with Gasteiger partial charge < -0.3 is 10.2 Å². The predicted octanol–water partition coefficient (Wildman–Crippen LogP) is 1.97. The number of rotatable bonds is 5. The molecule has 1 N–H and O–H groups in total. The topological polar surface area (TPSA) is 55.9 Å². The Bertz CT molecular complexity index is 896. The van der Waals surface area contributed by atoms with Gasteiger partial charge in [-0.3, -0.25) is 19.4 Å². The minimum atomic E-state index is -0.437. The number of amides is 2. The Morgan fingerprint density at radius 1 is 0.862 bits per heavy atom. The van der Waals surface area contributed by atoms with Crippen molar-refractivity contribution >= 4 is 23.2 Å². The third kappa shape index (κ3) is 4.63. The van der Waals surface area contributed by atoms with E-state index in [1.807, 2.05) is 28.0 Å². The van der Waals surface area contributed by atoms with Gasteiger partial charge in [0.2, 0.25) is 11.8 Å². The lowest BCUT2D eigenvalue weighted by atomic mass is 10.2. The molecule has 0 unspecified atom stereocenters. The molecule has 7 heteroatoms. The standard InChI is InChI=1S/C22H25FN4O2/c23-18-6-2-3-7-19(18)24-21(28)15-25-11-13-26(14-12-25)16-22(29)27-10-9-17-5-1-4-8-20(17)27/h1-8H,9-16H2,(H,24,28). The van der Waals surface area contributed by atoms with Crippen molar-refractivity contribution in [1.82, 2.24) is 9.80 Å². The molecule has 2 aromatic rings. The number of hydrogen-bond donors (Lipinski definition) is 1. The number of nitrogens with one attached hydrogen (secondary N) is 1. The van der Waals surface area contributed by atoms with Crippen LogP contribution in [0.2, 0.25) is 0 Å². The molecule has 2 amide bonds. The van der Waals surface area contributed by atoms with E-state index in [0.717, 1.165) is 31.7 Å². The quantitative estimate of drug-likeness (QED) is 0.840. The molecule has 0 atom stereocenters. The van der Waals surface area contributed by atoms with E-state index in [2.05, 4.69) is 16.3 Å². The molecule has 4 rings (SSSR count). The lowest BCUT2D eigenvalue weighted by molar-refractivity contribution is -0.121. The van der Waals surface area contributed by atoms with Crippen molar-refractivity contribution in [3.8, 4) is 0 Å². The van der Waals surface area contributed by atoms with Crippen LogP contribution in [0.3, 0.4) is 0 Å². The van der Waals surface area contributed by atoms with Crippen LogP contribution in [-0.2, 0) is 16.0 Å². The molecular formula is C22H25FN4O2. The highest BCUT2D eigenvalue weighted by Crippen LogP contribution is 2.27. The van der Waals surface area contributed by atoms with E-state index in [9.17, 15) is 14.0 Å². The fraction of sp³-hybridized carbons (Fsp3) is 0.364. The molecule has 0 radical (unpaired) electrons. The third-order valence-corrected chi connectivity index (χ3v) is 5.53. The van der Waals surface area contributed by atoms with Gasteiger partial charge in [-0.2, -0.15) is 0 Å². The Labute approximate surface area is 169 Å². The fourth-order valence-corrected chi connectivity index (χ4v) is 3.93. The molecule has 0 aromatic heterocycles. The molecule has 2 aromatic carbocycles. The molecule has 2 aliphatic rings. The highest BCUT2D eigenvalue weighted by Gasteiger charge is 2.27. The summed E-state index contributed by atoms with van der Waals surface area (Å²) in [7, 11) is 0. The molecule has 0 aliphatic carbocycles. The van der Waals surface area contributed by atoms with Crippen LogP contribution in [0.1, 0.15) is 5.56 Å². The Kier molecular flexibility index (Phi) is 5.87. The van der Waals surface area contributed by atoms with Gasteiger partial charge >= 0.3 is 0 Å². The number of fused-ring (bicyclic) bond motifs is 1. The van der Waals surface area contributed by atoms with E-state index >= 15 is 0 Å². The van der Waals surface area contributed by atoms with Crippen LogP contribution >= 0.6 is 0 Å². The normalized spacial score (nSPS) is 17.2. The van der Waals surface area contributed by atoms with Crippen LogP contribution in [0.4, 0.5) is 15.8 Å². The number of carbonyl (C=O) groups excluding carboxylic acids is 2. The number of piperazine rings is 1. The van der Waals surface area contributed by atoms with Gasteiger partial charge in [0.05, 0.1) is 18.8 Å². The molecule has 2 heterocycles. The van der Waals surface area contributed by atoms with Gasteiger partial charge in [-0.15, -0.1) is 0 Å². The van der Waals surface area contributed by atoms with E-state index < -0.39 is 5.82 Å². The van der Waals surface area contributed by atoms with Crippen LogP contribution in [0.25, 0.3) is 0 Å². The zero-order valence-corrected chi connectivity index (χ0v) is 16.3. The first kappa shape index (κ1) is 19.5. The highest BCUT2D eigenvalue weighted by molar-refractivity contribution is 5.96. The van der Waals surface area contributed by atoms with Gasteiger partial charge in [-0.25, -0.2) is 4.39 Å². The van der Waals surface area contributed by atoms with Gasteiger partial charge in [0.15, 0.2) is 0 Å². The Hall–Kier alpha value is -2.77. The molecule has 0 bridgehead atoms. The van der Waals surface area contributed by atoms with Gasteiger partial charge in [-0.1, -0.05) is 30.3 Å². The molecule has 2 aliphatic heterocycles. The lowest BCUT2D eigenvalue weighted by Gasteiger charge is -2.34. The van der Waals surface area contributed by atoms with Crippen LogP contribution in [-0.4, -0.2) is 67.4 Å². The molecular weight excluding hydrogens is 371 g/mol. The molecule has 152 valence electrons. The maximum atomic E-state index is 13.7. The largest absolute Gasteiger partial charge is 0.322 e. The molecule has 29 heavy (non-hydrogen) atoms. The monoisotopic (exact) mass is 396 g/mol. The molecule has 0 saturated carbocycles. The number of nitrogens with zero attached hydrogens (tertiary/aromatic N) is 3. The summed E-state index contributed by atoms with van der Waals surface area (Å²) in [6.07, 6.45) is 0.910. The second kappa shape index (κ2) is 8.71. The molecule has 0 spiro atoms. The van der Waals surface area contributed by atoms with Crippen LogP contribution in [0.5, 0.6) is 0 Å². The summed E-state index contributed by atoms with van der Waals surface area (Å²) in [4.78, 5) is 31.0. The van der Waals surface area contributed by atoms with Crippen LogP contribution in [0, 0.1) is 5.82 Å². The van der Waals surface area contributed by atoms with Gasteiger partial charge in [-0.05, 0) is 30.2 Å². The summed E-state index contributed by atoms with van der Waals surface area (Å²) >= 11 is 0. The highest BCUT2D eigenvalue weighted by atomic mass is 19.1. The minimum Gasteiger partial charge on any atom is -0.322 e. The zero-order chi connectivity index (χ0) is 20.2. The minimum absolute atomic E-state index is 0.126. The summed E-state index contributed by atoms with van der Waals surface area (Å²) in [5.41, 5.74) is 2.46. The van der Waals surface area contributed by atoms with Gasteiger partial charge in [0.1, 0.15) is 5.82 Å². The first-order valence-electron chi connectivity index (χ1n) is 9.97. The number of para-hydroxylation sites is 2. The van der Waals surface area contributed by atoms with Crippen molar-refractivity contribution in [1.29, 1.82) is 0 Å². The van der Waals surface area contributed by atoms with Gasteiger partial charge in [0, 0.05) is 38.4 Å². The van der Waals surface area contributed by atoms with E-state index in [1.54, 1.807) is 18.2 Å². The number of hydrogen-bond acceptors (Lipinski definition) is 4. The maximum Gasteiger partial charge on any atom is 0.241 e. The first-order valence-corrected chi connectivity index (χ1v) is 9.97. The Morgan fingerprint density at radius 2 is 1.52 bits per heavy atom. The predicted molar refractivity (Wildman–Crippen MR) is 110 cm³/mol. The average molecular weight is 396 g/mol. The summed E-state index contributed by atoms with van der Waals surface area (Å²) in [6.45, 7) is 4.22. The van der Waals surface area contributed by atoms with Crippen molar-refractivity contribution < 1.29 is 14.0 Å². The molecule has 1 fully saturated rings. The van der Waals surface area contributed by atoms with Crippen molar-refractivity contribution in [2.75, 3.05) is 56.0 Å². The van der Waals surface area contributed by atoms with E-state index in [0.29, 0.717) is 19.6 Å². The summed E-state index contributed by atoms with van der Waals surface area (Å²) in [5.74, 6) is -0.540. The molecule has 6 nitrogen and oxygen atoms in total. The lowest BCUT2D eigenvalue weighted by Crippen LogP contribution is -2.51. The van der Waals surface area contributed by atoms with Crippen LogP contribution < -0.4 is 10.2 Å². The van der Waals surface area contributed by atoms with Crippen molar-refractivity contribution in [2.45, 2.75) is 6.42 Å². The zero-order valence-electron chi connectivity index (χ0n) is 16.3. The Balaban J connectivity index is 1.23. The van der Waals surface area contributed by atoms with E-state index in [-0.39, 0.29) is 24.0 Å². The van der Waals surface area contributed by atoms with Gasteiger partial charge in [0.25, 0.3) is 0 Å². The van der Waals surface area contributed by atoms with E-state index in [4.69, 9.17) is 0 Å². The number of halogens is 1. The number of anilines is 2. The summed E-state index contributed by atoms with van der Waals surface area (Å²) < 4.78 is 13.7. The summed E-state index contributed by atoms with van der Waals surface area (Å²) in [5, 5.41) is 2.62. The van der Waals surface area contributed by atoms with Crippen molar-refractivity contribution in [2.24, 2.45) is 0 Å².